The van der Waals surface area contributed by atoms with Crippen molar-refractivity contribution in [3.8, 4) is 17.6 Å². The monoisotopic (exact) mass is 459 g/mol. The first kappa shape index (κ1) is 23.4. The average molecular weight is 460 g/mol. The zero-order valence-electron chi connectivity index (χ0n) is 20.4. The third kappa shape index (κ3) is 4.89. The lowest BCUT2D eigenvalue weighted by molar-refractivity contribution is -0.00806. The molecule has 3 atom stereocenters. The van der Waals surface area contributed by atoms with E-state index in [1.165, 1.54) is 16.7 Å². The number of hydrogen-bond donors (Lipinski definition) is 1. The van der Waals surface area contributed by atoms with Crippen molar-refractivity contribution >= 4 is 0 Å². The zero-order valence-corrected chi connectivity index (χ0v) is 20.4. The molecule has 0 unspecified atom stereocenters. The predicted molar refractivity (Wildman–Crippen MR) is 135 cm³/mol. The molecule has 4 heteroatoms. The number of morpholine rings is 1. The molecule has 1 heterocycles. The number of rotatable bonds is 6. The highest BCUT2D eigenvalue weighted by Gasteiger charge is 2.51. The molecule has 1 saturated carbocycles. The number of aliphatic hydroxyl groups is 1. The summed E-state index contributed by atoms with van der Waals surface area (Å²) in [6.45, 7) is 7.11. The molecule has 0 bridgehead atoms. The summed E-state index contributed by atoms with van der Waals surface area (Å²) in [5.41, 5.74) is 3.45. The smallest absolute Gasteiger partial charge is 0.125 e. The van der Waals surface area contributed by atoms with E-state index in [0.717, 1.165) is 77.1 Å². The van der Waals surface area contributed by atoms with Crippen molar-refractivity contribution in [3.05, 3.63) is 65.2 Å². The van der Waals surface area contributed by atoms with Gasteiger partial charge in [-0.1, -0.05) is 42.3 Å². The molecule has 34 heavy (non-hydrogen) atoms. The van der Waals surface area contributed by atoms with Crippen LogP contribution in [0.15, 0.2) is 48.5 Å². The molecule has 2 aliphatic carbocycles. The normalized spacial score (nSPS) is 28.8. The summed E-state index contributed by atoms with van der Waals surface area (Å²) in [7, 11) is 0. The second kappa shape index (κ2) is 10.1. The first-order valence-electron chi connectivity index (χ1n) is 12.9. The number of fused-ring (bicyclic) bond motifs is 3. The molecule has 2 aromatic carbocycles. The Bertz CT molecular complexity index is 1040. The maximum absolute atomic E-state index is 11.2. The van der Waals surface area contributed by atoms with Crippen LogP contribution in [-0.2, 0) is 23.0 Å². The summed E-state index contributed by atoms with van der Waals surface area (Å²) in [4.78, 5) is 2.41. The van der Waals surface area contributed by atoms with Crippen LogP contribution in [0.4, 0.5) is 0 Å². The van der Waals surface area contributed by atoms with E-state index in [2.05, 4.69) is 65.3 Å². The second-order valence-electron chi connectivity index (χ2n) is 10.3. The van der Waals surface area contributed by atoms with E-state index in [4.69, 9.17) is 9.47 Å². The lowest BCUT2D eigenvalue weighted by Crippen LogP contribution is -2.50. The van der Waals surface area contributed by atoms with Crippen molar-refractivity contribution in [1.82, 2.24) is 4.90 Å². The quantitative estimate of drug-likeness (QED) is 0.651. The van der Waals surface area contributed by atoms with Gasteiger partial charge in [0.1, 0.15) is 18.0 Å². The highest BCUT2D eigenvalue weighted by atomic mass is 16.5. The third-order valence-electron chi connectivity index (χ3n) is 8.23. The first-order chi connectivity index (χ1) is 16.6. The van der Waals surface area contributed by atoms with Crippen molar-refractivity contribution in [1.29, 1.82) is 0 Å². The Kier molecular flexibility index (Phi) is 6.97. The molecule has 4 nitrogen and oxygen atoms in total. The van der Waals surface area contributed by atoms with Gasteiger partial charge in [-0.15, -0.1) is 5.92 Å². The van der Waals surface area contributed by atoms with E-state index in [1.807, 2.05) is 6.92 Å². The van der Waals surface area contributed by atoms with Gasteiger partial charge in [-0.25, -0.2) is 0 Å². The zero-order chi connectivity index (χ0) is 23.4. The van der Waals surface area contributed by atoms with Crippen molar-refractivity contribution in [2.24, 2.45) is 5.92 Å². The summed E-state index contributed by atoms with van der Waals surface area (Å²) in [5.74, 6) is 7.51. The molecule has 0 amide bonds. The van der Waals surface area contributed by atoms with Gasteiger partial charge < -0.3 is 14.6 Å². The fraction of sp³-hybridized carbons (Fsp3) is 0.533. The Labute approximate surface area is 204 Å². The number of benzene rings is 2. The lowest BCUT2D eigenvalue weighted by Gasteiger charge is -2.52. The minimum Gasteiger partial charge on any atom is -0.492 e. The molecule has 2 fully saturated rings. The van der Waals surface area contributed by atoms with E-state index in [1.54, 1.807) is 0 Å². The molecule has 0 radical (unpaired) electrons. The molecule has 3 aliphatic rings. The van der Waals surface area contributed by atoms with Crippen LogP contribution in [0.25, 0.3) is 0 Å². The van der Waals surface area contributed by atoms with Crippen molar-refractivity contribution in [2.75, 3.05) is 39.5 Å². The van der Waals surface area contributed by atoms with Crippen LogP contribution in [-0.4, -0.2) is 55.1 Å². The molecule has 0 spiro atoms. The van der Waals surface area contributed by atoms with Gasteiger partial charge in [0, 0.05) is 25.0 Å². The SMILES string of the molecule is CC#C[C@@]1(O)CC[C@@]2(Cc3ccccc3)c3ccc(OCCN4CCOCC4)cc3CC[C@@H]2C1. The van der Waals surface area contributed by atoms with Gasteiger partial charge >= 0.3 is 0 Å². The van der Waals surface area contributed by atoms with E-state index < -0.39 is 5.60 Å². The molecule has 180 valence electrons. The van der Waals surface area contributed by atoms with Gasteiger partial charge in [0.15, 0.2) is 0 Å². The Morgan fingerprint density at radius 3 is 2.74 bits per heavy atom. The van der Waals surface area contributed by atoms with Gasteiger partial charge in [-0.3, -0.25) is 4.90 Å². The Morgan fingerprint density at radius 2 is 1.94 bits per heavy atom. The van der Waals surface area contributed by atoms with Gasteiger partial charge in [0.2, 0.25) is 0 Å². The molecule has 1 aliphatic heterocycles. The minimum atomic E-state index is -0.848. The fourth-order valence-electron chi connectivity index (χ4n) is 6.51. The van der Waals surface area contributed by atoms with E-state index in [0.29, 0.717) is 12.5 Å². The van der Waals surface area contributed by atoms with Crippen LogP contribution in [0, 0.1) is 17.8 Å². The van der Waals surface area contributed by atoms with Crippen molar-refractivity contribution < 1.29 is 14.6 Å². The first-order valence-corrected chi connectivity index (χ1v) is 12.9. The van der Waals surface area contributed by atoms with Gasteiger partial charge in [0.05, 0.1) is 13.2 Å². The van der Waals surface area contributed by atoms with Gasteiger partial charge in [-0.2, -0.15) is 0 Å². The Balaban J connectivity index is 1.38. The van der Waals surface area contributed by atoms with E-state index >= 15 is 0 Å². The topological polar surface area (TPSA) is 41.9 Å². The molecule has 1 saturated heterocycles. The summed E-state index contributed by atoms with van der Waals surface area (Å²) < 4.78 is 11.6. The number of ether oxygens (including phenoxy) is 2. The molecule has 2 aromatic rings. The number of nitrogens with zero attached hydrogens (tertiary/aromatic N) is 1. The van der Waals surface area contributed by atoms with Crippen molar-refractivity contribution in [2.45, 2.75) is 56.5 Å². The molecular formula is C30H37NO3. The molecule has 0 aromatic heterocycles. The van der Waals surface area contributed by atoms with Crippen LogP contribution in [0.5, 0.6) is 5.75 Å². The third-order valence-corrected chi connectivity index (χ3v) is 8.23. The fourth-order valence-corrected chi connectivity index (χ4v) is 6.51. The molecule has 5 rings (SSSR count). The standard InChI is InChI=1S/C30H37NO3/c1-2-12-29(32)13-14-30(22-24-6-4-3-5-7-24)26(23-29)9-8-25-21-27(10-11-28(25)30)34-20-17-31-15-18-33-19-16-31/h3-7,10-11,21,26,32H,8-9,13-20,22-23H2,1H3/t26-,29-,30+/m1/s1. The minimum absolute atomic E-state index is 0.0446. The summed E-state index contributed by atoms with van der Waals surface area (Å²) in [6.07, 6.45) is 5.59. The van der Waals surface area contributed by atoms with Crippen molar-refractivity contribution in [3.63, 3.8) is 0 Å². The summed E-state index contributed by atoms with van der Waals surface area (Å²) in [6, 6.07) is 17.6. The highest BCUT2D eigenvalue weighted by Crippen LogP contribution is 2.54. The molecule has 1 N–H and O–H groups in total. The largest absolute Gasteiger partial charge is 0.492 e. The number of hydrogen-bond acceptors (Lipinski definition) is 4. The van der Waals surface area contributed by atoms with E-state index in [9.17, 15) is 5.11 Å². The van der Waals surface area contributed by atoms with Crippen LogP contribution >= 0.6 is 0 Å². The van der Waals surface area contributed by atoms with Crippen LogP contribution in [0.3, 0.4) is 0 Å². The maximum atomic E-state index is 11.2. The van der Waals surface area contributed by atoms with Crippen LogP contribution < -0.4 is 4.74 Å². The van der Waals surface area contributed by atoms with E-state index in [-0.39, 0.29) is 5.41 Å². The average Bonchev–Trinajstić information content (AvgIpc) is 2.86. The summed E-state index contributed by atoms with van der Waals surface area (Å²) in [5, 5.41) is 11.2. The van der Waals surface area contributed by atoms with Gasteiger partial charge in [0.25, 0.3) is 0 Å². The summed E-state index contributed by atoms with van der Waals surface area (Å²) >= 11 is 0. The van der Waals surface area contributed by atoms with Gasteiger partial charge in [-0.05, 0) is 80.2 Å². The molecular weight excluding hydrogens is 422 g/mol. The lowest BCUT2D eigenvalue weighted by atomic mass is 9.52. The second-order valence-corrected chi connectivity index (χ2v) is 10.3. The highest BCUT2D eigenvalue weighted by molar-refractivity contribution is 5.45. The maximum Gasteiger partial charge on any atom is 0.125 e. The Morgan fingerprint density at radius 1 is 1.12 bits per heavy atom. The van der Waals surface area contributed by atoms with Crippen LogP contribution in [0.2, 0.25) is 0 Å². The Hall–Kier alpha value is -2.32. The van der Waals surface area contributed by atoms with Crippen LogP contribution in [0.1, 0.15) is 49.3 Å². The predicted octanol–water partition coefficient (Wildman–Crippen LogP) is 4.38. The number of aryl methyl sites for hydroxylation is 1.